The zero-order valence-corrected chi connectivity index (χ0v) is 58.6. The number of phenolic OH excluding ortho intramolecular Hbond substituents is 1. The number of rotatable bonds is 49. The van der Waals surface area contributed by atoms with Crippen LogP contribution in [0.1, 0.15) is 101 Å². The van der Waals surface area contributed by atoms with E-state index in [0.29, 0.717) is 36.9 Å². The number of primary amides is 1. The van der Waals surface area contributed by atoms with Crippen LogP contribution in [-0.4, -0.2) is 212 Å². The number of hydrogen-bond donors (Lipinski definition) is 22. The molecule has 0 fully saturated rings. The molecule has 13 amide bonds. The Morgan fingerprint density at radius 1 is 0.385 bits per heavy atom. The van der Waals surface area contributed by atoms with Crippen LogP contribution in [0.5, 0.6) is 5.75 Å². The summed E-state index contributed by atoms with van der Waals surface area (Å²) in [6, 6.07) is 10.1. The Morgan fingerprint density at radius 3 is 1.28 bits per heavy atom. The van der Waals surface area contributed by atoms with E-state index >= 15 is 0 Å². The Balaban J connectivity index is 1.74. The lowest BCUT2D eigenvalue weighted by atomic mass is 10.0. The van der Waals surface area contributed by atoms with Crippen LogP contribution in [0.2, 0.25) is 0 Å². The molecule has 0 aliphatic rings. The second-order valence-electron chi connectivity index (χ2n) is 24.5. The average Bonchev–Trinajstić information content (AvgIpc) is 0.873. The molecule has 0 radical (unpaired) electrons. The fourth-order valence-electron chi connectivity index (χ4n) is 10.0. The maximum Gasteiger partial charge on any atom is 0.245 e. The molecule has 37 heteroatoms. The number of aliphatic imine (C=N–C) groups is 2. The number of nitrogens with two attached hydrogens (primary N) is 8. The maximum absolute atomic E-state index is 14.2. The number of benzene rings is 3. The molecule has 0 aliphatic heterocycles. The van der Waals surface area contributed by atoms with Gasteiger partial charge in [-0.3, -0.25) is 72.3 Å². The number of amides is 13. The van der Waals surface area contributed by atoms with E-state index in [-0.39, 0.29) is 108 Å². The van der Waals surface area contributed by atoms with Crippen LogP contribution in [0.25, 0.3) is 0 Å². The molecule has 104 heavy (non-hydrogen) atoms. The Hall–Kier alpha value is -11.0. The third kappa shape index (κ3) is 35.0. The van der Waals surface area contributed by atoms with E-state index in [2.05, 4.69) is 73.8 Å². The molecule has 0 saturated heterocycles. The normalized spacial score (nSPS) is 13.7. The predicted molar refractivity (Wildman–Crippen MR) is 384 cm³/mol. The molecule has 0 unspecified atom stereocenters. The molecule has 30 N–H and O–H groups in total. The van der Waals surface area contributed by atoms with Gasteiger partial charge in [0.15, 0.2) is 11.9 Å². The molecular weight excluding hydrogens is 1350 g/mol. The minimum atomic E-state index is -1.73. The van der Waals surface area contributed by atoms with E-state index in [0.717, 1.165) is 5.56 Å². The van der Waals surface area contributed by atoms with E-state index in [9.17, 15) is 72.5 Å². The highest BCUT2D eigenvalue weighted by Gasteiger charge is 2.34. The topological polar surface area (TPSA) is 640 Å². The number of carbonyl (C=O) groups excluding carboxylic acids is 13. The highest BCUT2D eigenvalue weighted by atomic mass is 16.3. The van der Waals surface area contributed by atoms with Gasteiger partial charge in [-0.2, -0.15) is 0 Å². The van der Waals surface area contributed by atoms with Crippen molar-refractivity contribution in [2.24, 2.45) is 55.9 Å². The van der Waals surface area contributed by atoms with E-state index in [4.69, 9.17) is 45.9 Å². The average molecular weight is 1460 g/mol. The van der Waals surface area contributed by atoms with Gasteiger partial charge < -0.3 is 120 Å². The third-order valence-corrected chi connectivity index (χ3v) is 15.8. The van der Waals surface area contributed by atoms with E-state index in [1.807, 2.05) is 0 Å². The molecule has 0 bridgehead atoms. The molecule has 3 aromatic rings. The lowest BCUT2D eigenvalue weighted by Gasteiger charge is -2.26. The van der Waals surface area contributed by atoms with Gasteiger partial charge in [0.25, 0.3) is 0 Å². The Kier molecular flexibility index (Phi) is 40.2. The number of aromatic hydroxyl groups is 1. The summed E-state index contributed by atoms with van der Waals surface area (Å²) in [6.07, 6.45) is 2.07. The fraction of sp³-hybridized carbons (Fsp3) is 0.507. The van der Waals surface area contributed by atoms with Gasteiger partial charge >= 0.3 is 0 Å². The van der Waals surface area contributed by atoms with Crippen molar-refractivity contribution in [2.45, 2.75) is 164 Å². The first kappa shape index (κ1) is 87.2. The first-order valence-electron chi connectivity index (χ1n) is 34.1. The number of hydrogen-bond acceptors (Lipinski definition) is 20. The summed E-state index contributed by atoms with van der Waals surface area (Å²) in [5.41, 5.74) is 46.8. The van der Waals surface area contributed by atoms with Crippen LogP contribution in [0.4, 0.5) is 0 Å². The standard InChI is InChI=1S/C67H104N22O15/c1-39(81-54(93)37-80-60(99)50(28-25-41-15-5-3-6-16-41)88-64(103)51(34-42-17-7-4-8-18-42)83-55(94)36-78-53(92)35-79-59(98)45(70)33-43-23-26-44(91)27-24-43)57(96)85-49(22-14-32-77-67(74)75)62(101)87-47(20-10-12-30-69)63(102)89-52(38-90)65(104)82-40(2)58(97)86-48(21-13-31-76-66(72)73)61(100)84-46(56(71)95)19-9-11-29-68/h3-8,15-18,23-24,26-27,39-40,45-52,90-91H,9-14,19-22,25,28-38,68-70H2,1-2H3,(H2,71,95)(H,78,92)(H,79,98)(H,80,99)(H,81,93)(H,82,104)(H,83,94)(H,84,100)(H,85,96)(H,86,97)(H,87,101)(H,88,103)(H,89,102)(H4,72,73,76)(H4,74,75,77)/t39-,40-,45-,46-,47-,48-,49-,50-,51-,52-/m0/s1. The van der Waals surface area contributed by atoms with Crippen molar-refractivity contribution >= 4 is 88.7 Å². The van der Waals surface area contributed by atoms with Crippen molar-refractivity contribution < 1.29 is 72.5 Å². The summed E-state index contributed by atoms with van der Waals surface area (Å²) in [4.78, 5) is 183. The van der Waals surface area contributed by atoms with Crippen molar-refractivity contribution in [3.63, 3.8) is 0 Å². The van der Waals surface area contributed by atoms with Crippen LogP contribution in [0.3, 0.4) is 0 Å². The molecule has 37 nitrogen and oxygen atoms in total. The molecule has 0 heterocycles. The lowest BCUT2D eigenvalue weighted by molar-refractivity contribution is -0.136. The number of unbranched alkanes of at least 4 members (excludes halogenated alkanes) is 2. The largest absolute Gasteiger partial charge is 0.508 e. The molecule has 10 atom stereocenters. The summed E-state index contributed by atoms with van der Waals surface area (Å²) < 4.78 is 0. The molecule has 0 spiro atoms. The number of nitrogens with zero attached hydrogens (tertiary/aromatic N) is 2. The van der Waals surface area contributed by atoms with Crippen molar-refractivity contribution in [3.05, 3.63) is 102 Å². The summed E-state index contributed by atoms with van der Waals surface area (Å²) >= 11 is 0. The number of guanidine groups is 2. The van der Waals surface area contributed by atoms with E-state index in [1.54, 1.807) is 72.8 Å². The van der Waals surface area contributed by atoms with Gasteiger partial charge in [-0.15, -0.1) is 0 Å². The monoisotopic (exact) mass is 1460 g/mol. The number of carbonyl (C=O) groups is 13. The van der Waals surface area contributed by atoms with Crippen LogP contribution in [0, 0.1) is 0 Å². The summed E-state index contributed by atoms with van der Waals surface area (Å²) in [5.74, 6) is -11.6. The van der Waals surface area contributed by atoms with Crippen LogP contribution in [0.15, 0.2) is 94.9 Å². The van der Waals surface area contributed by atoms with Crippen LogP contribution < -0.4 is 110 Å². The highest BCUT2D eigenvalue weighted by molar-refractivity contribution is 5.99. The SMILES string of the molecule is C[C@H](NC(=O)CNC(=O)[C@H](CCc1ccccc1)NC(=O)[C@H](Cc1ccccc1)NC(=O)CNC(=O)CNC(=O)[C@@H](N)Cc1ccc(O)cc1)C(=O)N[C@@H](CCCN=C(N)N)C(=O)N[C@@H](CCCCN)C(=O)N[C@@H](CO)C(=O)N[C@@H](C)C(=O)N[C@@H](CCCN=C(N)N)C(=O)N[C@@H](CCCCN)C(N)=O. The number of phenols is 1. The third-order valence-electron chi connectivity index (χ3n) is 15.8. The number of nitrogens with one attached hydrogen (secondary N) is 12. The van der Waals surface area contributed by atoms with Crippen molar-refractivity contribution in [1.29, 1.82) is 0 Å². The van der Waals surface area contributed by atoms with E-state index < -0.39 is 163 Å². The number of aliphatic hydroxyl groups is 1. The predicted octanol–water partition coefficient (Wildman–Crippen LogP) is -7.27. The zero-order valence-electron chi connectivity index (χ0n) is 58.6. The van der Waals surface area contributed by atoms with Crippen molar-refractivity contribution in [3.8, 4) is 5.75 Å². The molecule has 0 aromatic heterocycles. The second-order valence-corrected chi connectivity index (χ2v) is 24.5. The van der Waals surface area contributed by atoms with Gasteiger partial charge in [0.05, 0.1) is 32.3 Å². The quantitative estimate of drug-likeness (QED) is 0.0142. The molecular formula is C67H104N22O15. The first-order chi connectivity index (χ1) is 49.5. The maximum atomic E-state index is 14.2. The highest BCUT2D eigenvalue weighted by Crippen LogP contribution is 2.13. The minimum absolute atomic E-state index is 0.0103. The number of aryl methyl sites for hydroxylation is 1. The van der Waals surface area contributed by atoms with Gasteiger partial charge in [0.2, 0.25) is 76.8 Å². The lowest BCUT2D eigenvalue weighted by Crippen LogP contribution is -2.60. The zero-order chi connectivity index (χ0) is 77.1. The fourth-order valence-corrected chi connectivity index (χ4v) is 10.0. The Bertz CT molecular complexity index is 3340. The first-order valence-corrected chi connectivity index (χ1v) is 34.1. The smallest absolute Gasteiger partial charge is 0.245 e. The van der Waals surface area contributed by atoms with Gasteiger partial charge in [-0.25, -0.2) is 0 Å². The molecule has 0 saturated carbocycles. The molecule has 3 aromatic carbocycles. The van der Waals surface area contributed by atoms with Crippen molar-refractivity contribution in [1.82, 2.24) is 63.8 Å². The van der Waals surface area contributed by atoms with Crippen LogP contribution in [-0.2, 0) is 81.6 Å². The summed E-state index contributed by atoms with van der Waals surface area (Å²) in [6.45, 7) is 0.202. The minimum Gasteiger partial charge on any atom is -0.508 e. The van der Waals surface area contributed by atoms with Gasteiger partial charge in [0.1, 0.15) is 60.1 Å². The Morgan fingerprint density at radius 2 is 0.779 bits per heavy atom. The van der Waals surface area contributed by atoms with Gasteiger partial charge in [-0.05, 0) is 139 Å². The molecule has 572 valence electrons. The van der Waals surface area contributed by atoms with Crippen molar-refractivity contribution in [2.75, 3.05) is 52.4 Å². The van der Waals surface area contributed by atoms with Gasteiger partial charge in [0, 0.05) is 19.5 Å². The summed E-state index contributed by atoms with van der Waals surface area (Å²) in [7, 11) is 0. The Labute approximate surface area is 602 Å². The molecule has 3 rings (SSSR count). The van der Waals surface area contributed by atoms with E-state index in [1.165, 1.54) is 26.0 Å². The van der Waals surface area contributed by atoms with Gasteiger partial charge in [-0.1, -0.05) is 72.8 Å². The van der Waals surface area contributed by atoms with Crippen LogP contribution >= 0.6 is 0 Å². The molecule has 0 aliphatic carbocycles. The second kappa shape index (κ2) is 47.9. The number of aliphatic hydroxyl groups excluding tert-OH is 1. The summed E-state index contributed by atoms with van der Waals surface area (Å²) in [5, 5.41) is 49.9.